The molecule has 0 amide bonds. The molecule has 2 heteroatoms. The summed E-state index contributed by atoms with van der Waals surface area (Å²) in [5.74, 6) is 0.619. The van der Waals surface area contributed by atoms with E-state index in [1.54, 1.807) is 6.20 Å². The molecule has 0 spiro atoms. The summed E-state index contributed by atoms with van der Waals surface area (Å²) in [5, 5.41) is 0. The van der Waals surface area contributed by atoms with Crippen molar-refractivity contribution in [1.82, 2.24) is 4.98 Å². The van der Waals surface area contributed by atoms with Crippen molar-refractivity contribution in [3.8, 4) is 0 Å². The van der Waals surface area contributed by atoms with Gasteiger partial charge in [-0.15, -0.1) is 0 Å². The van der Waals surface area contributed by atoms with E-state index in [9.17, 15) is 0 Å². The van der Waals surface area contributed by atoms with Crippen molar-refractivity contribution in [2.45, 2.75) is 20.3 Å². The number of pyridine rings is 1. The summed E-state index contributed by atoms with van der Waals surface area (Å²) in [6, 6.07) is 4.03. The minimum absolute atomic E-state index is 0.619. The molecule has 2 nitrogen and oxygen atoms in total. The molecule has 0 bridgehead atoms. The van der Waals surface area contributed by atoms with E-state index in [0.29, 0.717) is 5.92 Å². The highest BCUT2D eigenvalue weighted by molar-refractivity contribution is 5.08. The Labute approximate surface area is 80.0 Å². The Bertz CT molecular complexity index is 221. The van der Waals surface area contributed by atoms with Gasteiger partial charge in [0.15, 0.2) is 0 Å². The Morgan fingerprint density at radius 3 is 2.92 bits per heavy atom. The van der Waals surface area contributed by atoms with Gasteiger partial charge in [-0.1, -0.05) is 19.9 Å². The van der Waals surface area contributed by atoms with E-state index in [-0.39, 0.29) is 0 Å². The maximum atomic E-state index is 5.47. The molecule has 0 unspecified atom stereocenters. The molecule has 0 aliphatic carbocycles. The maximum Gasteiger partial charge on any atom is 0.0507 e. The molecule has 0 radical (unpaired) electrons. The third kappa shape index (κ3) is 4.63. The normalized spacial score (nSPS) is 10.7. The van der Waals surface area contributed by atoms with Gasteiger partial charge in [0.2, 0.25) is 0 Å². The third-order valence-electron chi connectivity index (χ3n) is 1.71. The highest BCUT2D eigenvalue weighted by atomic mass is 16.5. The smallest absolute Gasteiger partial charge is 0.0507 e. The van der Waals surface area contributed by atoms with Gasteiger partial charge in [-0.25, -0.2) is 0 Å². The summed E-state index contributed by atoms with van der Waals surface area (Å²) in [6.45, 7) is 5.96. The second-order valence-electron chi connectivity index (χ2n) is 3.58. The number of rotatable bonds is 5. The van der Waals surface area contributed by atoms with Gasteiger partial charge in [-0.2, -0.15) is 0 Å². The standard InChI is InChI=1S/C11H17NO/c1-10(2)9-13-7-5-11-4-3-6-12-8-11/h3-4,6,8,10H,5,7,9H2,1-2H3. The maximum absolute atomic E-state index is 5.47. The summed E-state index contributed by atoms with van der Waals surface area (Å²) < 4.78 is 5.47. The molecule has 0 saturated carbocycles. The molecule has 0 saturated heterocycles. The van der Waals surface area contributed by atoms with Crippen LogP contribution in [0.1, 0.15) is 19.4 Å². The lowest BCUT2D eigenvalue weighted by Crippen LogP contribution is -2.05. The summed E-state index contributed by atoms with van der Waals surface area (Å²) in [6.07, 6.45) is 4.64. The van der Waals surface area contributed by atoms with Crippen LogP contribution < -0.4 is 0 Å². The molecule has 72 valence electrons. The largest absolute Gasteiger partial charge is 0.381 e. The van der Waals surface area contributed by atoms with Gasteiger partial charge in [-0.05, 0) is 24.0 Å². The summed E-state index contributed by atoms with van der Waals surface area (Å²) in [4.78, 5) is 4.04. The number of nitrogens with zero attached hydrogens (tertiary/aromatic N) is 1. The zero-order valence-corrected chi connectivity index (χ0v) is 8.36. The van der Waals surface area contributed by atoms with Crippen molar-refractivity contribution < 1.29 is 4.74 Å². The van der Waals surface area contributed by atoms with Crippen LogP contribution in [0.3, 0.4) is 0 Å². The number of aromatic nitrogens is 1. The van der Waals surface area contributed by atoms with Crippen molar-refractivity contribution >= 4 is 0 Å². The number of ether oxygens (including phenoxy) is 1. The predicted octanol–water partition coefficient (Wildman–Crippen LogP) is 2.30. The van der Waals surface area contributed by atoms with Crippen molar-refractivity contribution in [2.75, 3.05) is 13.2 Å². The number of hydrogen-bond donors (Lipinski definition) is 0. The molecule has 0 N–H and O–H groups in total. The molecule has 0 atom stereocenters. The predicted molar refractivity (Wildman–Crippen MR) is 53.6 cm³/mol. The van der Waals surface area contributed by atoms with Crippen LogP contribution in [-0.2, 0) is 11.2 Å². The van der Waals surface area contributed by atoms with Gasteiger partial charge in [0.25, 0.3) is 0 Å². The third-order valence-corrected chi connectivity index (χ3v) is 1.71. The van der Waals surface area contributed by atoms with Gasteiger partial charge >= 0.3 is 0 Å². The summed E-state index contributed by atoms with van der Waals surface area (Å²) in [5.41, 5.74) is 1.24. The minimum Gasteiger partial charge on any atom is -0.381 e. The fourth-order valence-corrected chi connectivity index (χ4v) is 1.06. The molecule has 1 aromatic rings. The second kappa shape index (κ2) is 5.70. The Kier molecular flexibility index (Phi) is 4.47. The van der Waals surface area contributed by atoms with Crippen LogP contribution in [0.2, 0.25) is 0 Å². The molecule has 0 aromatic carbocycles. The number of hydrogen-bond acceptors (Lipinski definition) is 2. The zero-order valence-electron chi connectivity index (χ0n) is 8.36. The van der Waals surface area contributed by atoms with Crippen molar-refractivity contribution in [1.29, 1.82) is 0 Å². The molecule has 0 aliphatic rings. The van der Waals surface area contributed by atoms with Gasteiger partial charge in [0.1, 0.15) is 0 Å². The van der Waals surface area contributed by atoms with Crippen LogP contribution in [0.15, 0.2) is 24.5 Å². The van der Waals surface area contributed by atoms with Gasteiger partial charge in [-0.3, -0.25) is 4.98 Å². The Morgan fingerprint density at radius 2 is 2.31 bits per heavy atom. The van der Waals surface area contributed by atoms with Crippen LogP contribution in [0.25, 0.3) is 0 Å². The second-order valence-corrected chi connectivity index (χ2v) is 3.58. The van der Waals surface area contributed by atoms with E-state index >= 15 is 0 Å². The topological polar surface area (TPSA) is 22.1 Å². The van der Waals surface area contributed by atoms with Gasteiger partial charge in [0, 0.05) is 19.0 Å². The first-order chi connectivity index (χ1) is 6.29. The average molecular weight is 179 g/mol. The molecule has 0 fully saturated rings. The quantitative estimate of drug-likeness (QED) is 0.647. The fraction of sp³-hybridized carbons (Fsp3) is 0.545. The zero-order chi connectivity index (χ0) is 9.52. The van der Waals surface area contributed by atoms with Crippen LogP contribution in [0.4, 0.5) is 0 Å². The molecule has 0 aliphatic heterocycles. The van der Waals surface area contributed by atoms with E-state index in [1.807, 2.05) is 12.3 Å². The first-order valence-corrected chi connectivity index (χ1v) is 4.75. The van der Waals surface area contributed by atoms with Gasteiger partial charge < -0.3 is 4.74 Å². The lowest BCUT2D eigenvalue weighted by Gasteiger charge is -2.05. The van der Waals surface area contributed by atoms with Crippen LogP contribution >= 0.6 is 0 Å². The Morgan fingerprint density at radius 1 is 1.46 bits per heavy atom. The van der Waals surface area contributed by atoms with Crippen molar-refractivity contribution in [3.05, 3.63) is 30.1 Å². The minimum atomic E-state index is 0.619. The van der Waals surface area contributed by atoms with E-state index in [4.69, 9.17) is 4.74 Å². The molecular formula is C11H17NO. The highest BCUT2D eigenvalue weighted by Gasteiger charge is 1.95. The first kappa shape index (κ1) is 10.2. The molecule has 1 aromatic heterocycles. The Hall–Kier alpha value is -0.890. The SMILES string of the molecule is CC(C)COCCc1cccnc1. The van der Waals surface area contributed by atoms with E-state index in [2.05, 4.69) is 24.9 Å². The molecule has 1 rings (SSSR count). The fourth-order valence-electron chi connectivity index (χ4n) is 1.06. The molecule has 13 heavy (non-hydrogen) atoms. The average Bonchev–Trinajstić information content (AvgIpc) is 2.14. The van der Waals surface area contributed by atoms with Crippen molar-refractivity contribution in [2.24, 2.45) is 5.92 Å². The van der Waals surface area contributed by atoms with Crippen LogP contribution in [0.5, 0.6) is 0 Å². The van der Waals surface area contributed by atoms with E-state index < -0.39 is 0 Å². The van der Waals surface area contributed by atoms with Crippen LogP contribution in [0, 0.1) is 5.92 Å². The van der Waals surface area contributed by atoms with E-state index in [0.717, 1.165) is 19.6 Å². The van der Waals surface area contributed by atoms with Crippen molar-refractivity contribution in [3.63, 3.8) is 0 Å². The Balaban J connectivity index is 2.13. The lowest BCUT2D eigenvalue weighted by atomic mass is 10.2. The molecule has 1 heterocycles. The van der Waals surface area contributed by atoms with Crippen LogP contribution in [-0.4, -0.2) is 18.2 Å². The van der Waals surface area contributed by atoms with Gasteiger partial charge in [0.05, 0.1) is 6.61 Å². The lowest BCUT2D eigenvalue weighted by molar-refractivity contribution is 0.112. The summed E-state index contributed by atoms with van der Waals surface area (Å²) in [7, 11) is 0. The first-order valence-electron chi connectivity index (χ1n) is 4.75. The molecular weight excluding hydrogens is 162 g/mol. The summed E-state index contributed by atoms with van der Waals surface area (Å²) >= 11 is 0. The monoisotopic (exact) mass is 179 g/mol. The highest BCUT2D eigenvalue weighted by Crippen LogP contribution is 1.98. The van der Waals surface area contributed by atoms with E-state index in [1.165, 1.54) is 5.56 Å².